The van der Waals surface area contributed by atoms with Gasteiger partial charge in [-0.05, 0) is 19.9 Å². The van der Waals surface area contributed by atoms with Gasteiger partial charge >= 0.3 is 12.0 Å². The van der Waals surface area contributed by atoms with Gasteiger partial charge in [0.05, 0.1) is 17.7 Å². The summed E-state index contributed by atoms with van der Waals surface area (Å²) in [7, 11) is -2.06. The van der Waals surface area contributed by atoms with E-state index in [9.17, 15) is 18.0 Å². The summed E-state index contributed by atoms with van der Waals surface area (Å²) in [5, 5.41) is 14.0. The smallest absolute Gasteiger partial charge is 0.315 e. The highest BCUT2D eigenvalue weighted by molar-refractivity contribution is 7.89. The Kier molecular flexibility index (Phi) is 5.75. The van der Waals surface area contributed by atoms with Crippen molar-refractivity contribution in [3.63, 3.8) is 0 Å². The Morgan fingerprint density at radius 1 is 1.25 bits per heavy atom. The highest BCUT2D eigenvalue weighted by atomic mass is 32.2. The standard InChI is InChI=1S/C11H21N3O5S/c1-12-20(18,19)7-6-13-10(17)14-11(8-9(15)16)4-2-3-5-11/h12H,2-8H2,1H3,(H,15,16)(H2,13,14,17). The quantitative estimate of drug-likeness (QED) is 0.510. The lowest BCUT2D eigenvalue weighted by Crippen LogP contribution is -2.52. The number of aliphatic carboxylic acids is 1. The average Bonchev–Trinajstić information content (AvgIpc) is 2.76. The Bertz CT molecular complexity index is 457. The second-order valence-corrected chi connectivity index (χ2v) is 7.01. The first-order chi connectivity index (χ1) is 9.29. The number of carbonyl (C=O) groups excluding carboxylic acids is 1. The molecule has 0 aromatic heterocycles. The van der Waals surface area contributed by atoms with Crippen LogP contribution in [0.3, 0.4) is 0 Å². The highest BCUT2D eigenvalue weighted by Gasteiger charge is 2.37. The number of carboxylic acid groups (broad SMARTS) is 1. The van der Waals surface area contributed by atoms with Crippen molar-refractivity contribution in [2.75, 3.05) is 19.3 Å². The summed E-state index contributed by atoms with van der Waals surface area (Å²) in [6.07, 6.45) is 2.89. The van der Waals surface area contributed by atoms with Gasteiger partial charge in [-0.25, -0.2) is 17.9 Å². The molecular weight excluding hydrogens is 286 g/mol. The summed E-state index contributed by atoms with van der Waals surface area (Å²) in [5.74, 6) is -1.17. The van der Waals surface area contributed by atoms with Crippen molar-refractivity contribution in [3.8, 4) is 0 Å². The molecule has 0 atom stereocenters. The largest absolute Gasteiger partial charge is 0.481 e. The maximum absolute atomic E-state index is 11.7. The Balaban J connectivity index is 2.45. The van der Waals surface area contributed by atoms with Gasteiger partial charge in [-0.1, -0.05) is 12.8 Å². The molecular formula is C11H21N3O5S. The van der Waals surface area contributed by atoms with E-state index in [0.29, 0.717) is 12.8 Å². The molecule has 0 aliphatic heterocycles. The minimum atomic E-state index is -3.36. The van der Waals surface area contributed by atoms with Crippen molar-refractivity contribution >= 4 is 22.0 Å². The lowest BCUT2D eigenvalue weighted by atomic mass is 9.93. The number of carboxylic acids is 1. The van der Waals surface area contributed by atoms with Gasteiger partial charge < -0.3 is 15.7 Å². The van der Waals surface area contributed by atoms with Crippen LogP contribution in [0.1, 0.15) is 32.1 Å². The zero-order valence-electron chi connectivity index (χ0n) is 11.4. The monoisotopic (exact) mass is 307 g/mol. The molecule has 0 aromatic carbocycles. The van der Waals surface area contributed by atoms with Crippen LogP contribution in [0.2, 0.25) is 0 Å². The van der Waals surface area contributed by atoms with E-state index >= 15 is 0 Å². The predicted molar refractivity (Wildman–Crippen MR) is 72.8 cm³/mol. The molecule has 0 spiro atoms. The van der Waals surface area contributed by atoms with Crippen molar-refractivity contribution < 1.29 is 23.1 Å². The van der Waals surface area contributed by atoms with E-state index in [-0.39, 0.29) is 18.7 Å². The van der Waals surface area contributed by atoms with Gasteiger partial charge in [0.2, 0.25) is 10.0 Å². The minimum absolute atomic E-state index is 0.0296. The Morgan fingerprint density at radius 3 is 2.35 bits per heavy atom. The first-order valence-corrected chi connectivity index (χ1v) is 8.13. The number of hydrogen-bond donors (Lipinski definition) is 4. The van der Waals surface area contributed by atoms with Crippen LogP contribution < -0.4 is 15.4 Å². The molecule has 116 valence electrons. The van der Waals surface area contributed by atoms with Crippen molar-refractivity contribution in [1.29, 1.82) is 0 Å². The molecule has 20 heavy (non-hydrogen) atoms. The molecule has 0 bridgehead atoms. The van der Waals surface area contributed by atoms with Gasteiger partial charge in [-0.15, -0.1) is 0 Å². The topological polar surface area (TPSA) is 125 Å². The van der Waals surface area contributed by atoms with E-state index in [0.717, 1.165) is 12.8 Å². The minimum Gasteiger partial charge on any atom is -0.481 e. The SMILES string of the molecule is CNS(=O)(=O)CCNC(=O)NC1(CC(=O)O)CCCC1. The average molecular weight is 307 g/mol. The molecule has 9 heteroatoms. The van der Waals surface area contributed by atoms with Crippen molar-refractivity contribution in [3.05, 3.63) is 0 Å². The van der Waals surface area contributed by atoms with E-state index in [1.165, 1.54) is 7.05 Å². The third-order valence-electron chi connectivity index (χ3n) is 3.40. The van der Waals surface area contributed by atoms with Crippen LogP contribution in [-0.4, -0.2) is 50.4 Å². The summed E-state index contributed by atoms with van der Waals surface area (Å²) in [5.41, 5.74) is -0.711. The normalized spacial score (nSPS) is 17.6. The Hall–Kier alpha value is -1.35. The summed E-state index contributed by atoms with van der Waals surface area (Å²) in [6.45, 7) is -0.0296. The fourth-order valence-corrected chi connectivity index (χ4v) is 2.95. The molecule has 2 amide bonds. The van der Waals surface area contributed by atoms with Crippen LogP contribution in [0, 0.1) is 0 Å². The van der Waals surface area contributed by atoms with Gasteiger partial charge in [-0.3, -0.25) is 4.79 Å². The fourth-order valence-electron chi connectivity index (χ4n) is 2.37. The Labute approximate surface area is 118 Å². The molecule has 0 unspecified atom stereocenters. The highest BCUT2D eigenvalue weighted by Crippen LogP contribution is 2.32. The molecule has 8 nitrogen and oxygen atoms in total. The van der Waals surface area contributed by atoms with Gasteiger partial charge in [-0.2, -0.15) is 0 Å². The van der Waals surface area contributed by atoms with Crippen LogP contribution in [0.15, 0.2) is 0 Å². The van der Waals surface area contributed by atoms with Gasteiger partial charge in [0.1, 0.15) is 0 Å². The molecule has 0 aromatic rings. The number of urea groups is 1. The van der Waals surface area contributed by atoms with Crippen LogP contribution in [0.25, 0.3) is 0 Å². The molecule has 1 fully saturated rings. The number of nitrogens with one attached hydrogen (secondary N) is 3. The Morgan fingerprint density at radius 2 is 1.85 bits per heavy atom. The third kappa shape index (κ3) is 5.33. The van der Waals surface area contributed by atoms with E-state index in [2.05, 4.69) is 15.4 Å². The molecule has 0 radical (unpaired) electrons. The molecule has 1 aliphatic rings. The summed E-state index contributed by atoms with van der Waals surface area (Å²) >= 11 is 0. The second-order valence-electron chi connectivity index (χ2n) is 4.96. The molecule has 0 saturated heterocycles. The number of hydrogen-bond acceptors (Lipinski definition) is 4. The summed E-state index contributed by atoms with van der Waals surface area (Å²) < 4.78 is 24.5. The van der Waals surface area contributed by atoms with Crippen molar-refractivity contribution in [2.45, 2.75) is 37.6 Å². The van der Waals surface area contributed by atoms with Crippen LogP contribution in [-0.2, 0) is 14.8 Å². The molecule has 1 rings (SSSR count). The van der Waals surface area contributed by atoms with E-state index in [4.69, 9.17) is 5.11 Å². The first-order valence-electron chi connectivity index (χ1n) is 6.48. The predicted octanol–water partition coefficient (Wildman–Crippen LogP) is -0.378. The van der Waals surface area contributed by atoms with Crippen molar-refractivity contribution in [2.24, 2.45) is 0 Å². The zero-order valence-corrected chi connectivity index (χ0v) is 12.3. The van der Waals surface area contributed by atoms with E-state index < -0.39 is 27.6 Å². The van der Waals surface area contributed by atoms with Crippen molar-refractivity contribution in [1.82, 2.24) is 15.4 Å². The summed E-state index contributed by atoms with van der Waals surface area (Å²) in [4.78, 5) is 22.6. The van der Waals surface area contributed by atoms with Crippen LogP contribution in [0.5, 0.6) is 0 Å². The maximum atomic E-state index is 11.7. The van der Waals surface area contributed by atoms with Gasteiger partial charge in [0.25, 0.3) is 0 Å². The lowest BCUT2D eigenvalue weighted by molar-refractivity contribution is -0.138. The molecule has 1 saturated carbocycles. The first kappa shape index (κ1) is 16.7. The number of carbonyl (C=O) groups is 2. The fraction of sp³-hybridized carbons (Fsp3) is 0.818. The van der Waals surface area contributed by atoms with E-state index in [1.54, 1.807) is 0 Å². The van der Waals surface area contributed by atoms with Crippen LogP contribution >= 0.6 is 0 Å². The molecule has 4 N–H and O–H groups in total. The maximum Gasteiger partial charge on any atom is 0.315 e. The number of amides is 2. The number of sulfonamides is 1. The van der Waals surface area contributed by atoms with Gasteiger partial charge in [0, 0.05) is 6.54 Å². The molecule has 1 aliphatic carbocycles. The van der Waals surface area contributed by atoms with Gasteiger partial charge in [0.15, 0.2) is 0 Å². The second kappa shape index (κ2) is 6.89. The lowest BCUT2D eigenvalue weighted by Gasteiger charge is -2.28. The number of rotatable bonds is 7. The van der Waals surface area contributed by atoms with Crippen LogP contribution in [0.4, 0.5) is 4.79 Å². The summed E-state index contributed by atoms with van der Waals surface area (Å²) in [6, 6.07) is -0.528. The van der Waals surface area contributed by atoms with E-state index in [1.807, 2.05) is 0 Å². The third-order valence-corrected chi connectivity index (χ3v) is 4.76. The zero-order chi connectivity index (χ0) is 15.2. The molecule has 0 heterocycles.